The van der Waals surface area contributed by atoms with Crippen LogP contribution in [0.15, 0.2) is 91.0 Å². The number of ether oxygens (including phenoxy) is 3. The molecule has 0 unspecified atom stereocenters. The smallest absolute Gasteiger partial charge is 0.415 e. The predicted molar refractivity (Wildman–Crippen MR) is 163 cm³/mol. The van der Waals surface area contributed by atoms with Crippen LogP contribution < -0.4 is 14.4 Å². The number of nitrogens with zero attached hydrogens (tertiary/aromatic N) is 1. The van der Waals surface area contributed by atoms with Gasteiger partial charge in [-0.15, -0.1) is 0 Å². The molecule has 4 aromatic rings. The molecule has 1 saturated heterocycles. The van der Waals surface area contributed by atoms with Crippen LogP contribution in [0.4, 0.5) is 14.9 Å². The zero-order valence-corrected chi connectivity index (χ0v) is 24.3. The van der Waals surface area contributed by atoms with Gasteiger partial charge in [-0.05, 0) is 90.6 Å². The number of rotatable bonds is 12. The van der Waals surface area contributed by atoms with Crippen LogP contribution in [0.25, 0.3) is 11.1 Å². The number of cyclic esters (lactones) is 1. The number of methoxy groups -OCH3 is 1. The van der Waals surface area contributed by atoms with Crippen LogP contribution >= 0.6 is 0 Å². The highest BCUT2D eigenvalue weighted by molar-refractivity contribution is 5.91. The minimum absolute atomic E-state index is 0.162. The summed E-state index contributed by atoms with van der Waals surface area (Å²) in [5.41, 5.74) is 3.68. The fraction of sp³-hybridized carbons (Fsp3) is 0.286. The van der Waals surface area contributed by atoms with Crippen molar-refractivity contribution < 1.29 is 33.6 Å². The van der Waals surface area contributed by atoms with Gasteiger partial charge in [0.2, 0.25) is 0 Å². The Kier molecular flexibility index (Phi) is 9.47. The number of anilines is 1. The standard InChI is InChI=1S/C35H36FNO6/c1-3-4-20-42-33-22-25(24-6-5-7-28(38)21-24)10-17-30(33)34-32(19-18-31(39)23-8-11-26(36)12-9-23)43-35(40)37(34)27-13-15-29(41-2)16-14-27/h5-17,21-22,31-32,34,38-39H,3-4,18-20H2,1-2H3/t31-,32+,34+/m0/s1. The summed E-state index contributed by atoms with van der Waals surface area (Å²) in [6, 6.07) is 25.2. The van der Waals surface area contributed by atoms with Gasteiger partial charge in [0.05, 0.1) is 19.8 Å². The van der Waals surface area contributed by atoms with E-state index < -0.39 is 24.3 Å². The number of hydrogen-bond donors (Lipinski definition) is 2. The van der Waals surface area contributed by atoms with Crippen molar-refractivity contribution in [3.8, 4) is 28.4 Å². The number of hydrogen-bond acceptors (Lipinski definition) is 6. The number of phenols is 1. The monoisotopic (exact) mass is 585 g/mol. The summed E-state index contributed by atoms with van der Waals surface area (Å²) in [4.78, 5) is 15.1. The molecule has 43 heavy (non-hydrogen) atoms. The van der Waals surface area contributed by atoms with Crippen molar-refractivity contribution in [2.75, 3.05) is 18.6 Å². The quantitative estimate of drug-likeness (QED) is 0.164. The Balaban J connectivity index is 1.53. The van der Waals surface area contributed by atoms with E-state index in [9.17, 15) is 19.4 Å². The average Bonchev–Trinajstić information content (AvgIpc) is 3.35. The third kappa shape index (κ3) is 6.92. The highest BCUT2D eigenvalue weighted by Gasteiger charge is 2.45. The molecule has 0 radical (unpaired) electrons. The molecule has 1 aliphatic heterocycles. The molecule has 1 heterocycles. The Labute approximate surface area is 251 Å². The Hall–Kier alpha value is -4.56. The van der Waals surface area contributed by atoms with E-state index in [1.165, 1.54) is 12.1 Å². The van der Waals surface area contributed by atoms with E-state index in [-0.39, 0.29) is 11.6 Å². The molecule has 1 fully saturated rings. The second-order valence-electron chi connectivity index (χ2n) is 10.6. The molecule has 3 atom stereocenters. The van der Waals surface area contributed by atoms with Gasteiger partial charge in [-0.1, -0.05) is 49.7 Å². The van der Waals surface area contributed by atoms with E-state index in [0.29, 0.717) is 42.2 Å². The second-order valence-corrected chi connectivity index (χ2v) is 10.6. The van der Waals surface area contributed by atoms with E-state index >= 15 is 0 Å². The molecule has 4 aromatic carbocycles. The van der Waals surface area contributed by atoms with Gasteiger partial charge in [-0.3, -0.25) is 4.90 Å². The number of aromatic hydroxyl groups is 1. The van der Waals surface area contributed by atoms with Crippen molar-refractivity contribution in [1.29, 1.82) is 0 Å². The third-order valence-corrected chi connectivity index (χ3v) is 7.68. The first-order valence-corrected chi connectivity index (χ1v) is 14.5. The average molecular weight is 586 g/mol. The first-order chi connectivity index (χ1) is 20.9. The van der Waals surface area contributed by atoms with E-state index in [4.69, 9.17) is 14.2 Å². The number of halogens is 1. The molecule has 0 aromatic heterocycles. The summed E-state index contributed by atoms with van der Waals surface area (Å²) in [5, 5.41) is 20.9. The Bertz CT molecular complexity index is 1520. The molecule has 0 spiro atoms. The van der Waals surface area contributed by atoms with Crippen molar-refractivity contribution in [1.82, 2.24) is 0 Å². The van der Waals surface area contributed by atoms with E-state index in [1.54, 1.807) is 54.5 Å². The molecular formula is C35H36FNO6. The highest BCUT2D eigenvalue weighted by Crippen LogP contribution is 2.44. The lowest BCUT2D eigenvalue weighted by atomic mass is 9.92. The number of carbonyl (C=O) groups is 1. The zero-order valence-electron chi connectivity index (χ0n) is 24.3. The summed E-state index contributed by atoms with van der Waals surface area (Å²) in [6.45, 7) is 2.58. The maximum atomic E-state index is 13.5. The number of phenolic OH excluding ortho intramolecular Hbond substituents is 1. The molecule has 7 nitrogen and oxygen atoms in total. The topological polar surface area (TPSA) is 88.5 Å². The first kappa shape index (κ1) is 29.9. The van der Waals surface area contributed by atoms with Crippen molar-refractivity contribution in [2.45, 2.75) is 50.9 Å². The molecule has 1 aliphatic rings. The lowest BCUT2D eigenvalue weighted by molar-refractivity contribution is 0.100. The Morgan fingerprint density at radius 2 is 1.72 bits per heavy atom. The third-order valence-electron chi connectivity index (χ3n) is 7.68. The fourth-order valence-electron chi connectivity index (χ4n) is 5.36. The Morgan fingerprint density at radius 3 is 2.42 bits per heavy atom. The molecule has 0 aliphatic carbocycles. The van der Waals surface area contributed by atoms with Gasteiger partial charge in [0.25, 0.3) is 0 Å². The van der Waals surface area contributed by atoms with Crippen LogP contribution in [0, 0.1) is 5.82 Å². The number of carbonyl (C=O) groups excluding carboxylic acids is 1. The SMILES string of the molecule is CCCCOc1cc(-c2cccc(O)c2)ccc1[C@@H]1[C@@H](CC[C@H](O)c2ccc(F)cc2)OC(=O)N1c1ccc(OC)cc1. The number of aliphatic hydroxyl groups is 1. The van der Waals surface area contributed by atoms with Crippen LogP contribution in [0.5, 0.6) is 17.2 Å². The highest BCUT2D eigenvalue weighted by atomic mass is 19.1. The lowest BCUT2D eigenvalue weighted by Crippen LogP contribution is -2.30. The van der Waals surface area contributed by atoms with Gasteiger partial charge in [-0.2, -0.15) is 0 Å². The van der Waals surface area contributed by atoms with Gasteiger partial charge in [0, 0.05) is 11.3 Å². The minimum atomic E-state index is -0.858. The van der Waals surface area contributed by atoms with Crippen molar-refractivity contribution in [3.63, 3.8) is 0 Å². The van der Waals surface area contributed by atoms with E-state index in [0.717, 1.165) is 29.5 Å². The number of amides is 1. The van der Waals surface area contributed by atoms with Gasteiger partial charge in [-0.25, -0.2) is 9.18 Å². The van der Waals surface area contributed by atoms with Crippen LogP contribution in [0.2, 0.25) is 0 Å². The molecule has 0 bridgehead atoms. The van der Waals surface area contributed by atoms with Crippen molar-refractivity contribution in [3.05, 3.63) is 108 Å². The summed E-state index contributed by atoms with van der Waals surface area (Å²) >= 11 is 0. The number of benzene rings is 4. The summed E-state index contributed by atoms with van der Waals surface area (Å²) in [6.07, 6.45) is 0.481. The largest absolute Gasteiger partial charge is 0.508 e. The number of unbranched alkanes of at least 4 members (excludes halogenated alkanes) is 1. The van der Waals surface area contributed by atoms with Gasteiger partial charge >= 0.3 is 6.09 Å². The predicted octanol–water partition coefficient (Wildman–Crippen LogP) is 7.97. The normalized spacial score (nSPS) is 17.0. The molecule has 8 heteroatoms. The summed E-state index contributed by atoms with van der Waals surface area (Å²) in [7, 11) is 1.58. The summed E-state index contributed by atoms with van der Waals surface area (Å²) < 4.78 is 31.1. The fourth-order valence-corrected chi connectivity index (χ4v) is 5.36. The van der Waals surface area contributed by atoms with Crippen LogP contribution in [-0.4, -0.2) is 36.1 Å². The van der Waals surface area contributed by atoms with Crippen LogP contribution in [-0.2, 0) is 4.74 Å². The van der Waals surface area contributed by atoms with Crippen LogP contribution in [0.1, 0.15) is 55.9 Å². The van der Waals surface area contributed by atoms with E-state index in [2.05, 4.69) is 6.92 Å². The van der Waals surface area contributed by atoms with Crippen molar-refractivity contribution >= 4 is 11.8 Å². The maximum Gasteiger partial charge on any atom is 0.415 e. The molecule has 5 rings (SSSR count). The molecule has 2 N–H and O–H groups in total. The first-order valence-electron chi connectivity index (χ1n) is 14.5. The zero-order chi connectivity index (χ0) is 30.3. The van der Waals surface area contributed by atoms with Gasteiger partial charge < -0.3 is 24.4 Å². The van der Waals surface area contributed by atoms with E-state index in [1.807, 2.05) is 36.4 Å². The van der Waals surface area contributed by atoms with Crippen molar-refractivity contribution in [2.24, 2.45) is 0 Å². The molecule has 1 amide bonds. The Morgan fingerprint density at radius 1 is 0.977 bits per heavy atom. The minimum Gasteiger partial charge on any atom is -0.508 e. The lowest BCUT2D eigenvalue weighted by Gasteiger charge is -2.28. The van der Waals surface area contributed by atoms with Gasteiger partial charge in [0.15, 0.2) is 0 Å². The van der Waals surface area contributed by atoms with Crippen LogP contribution in [0.3, 0.4) is 0 Å². The maximum absolute atomic E-state index is 13.5. The number of aliphatic hydroxyl groups excluding tert-OH is 1. The molecule has 0 saturated carbocycles. The van der Waals surface area contributed by atoms with Gasteiger partial charge in [0.1, 0.15) is 35.2 Å². The second kappa shape index (κ2) is 13.6. The molecular weight excluding hydrogens is 549 g/mol. The molecule has 224 valence electrons. The summed E-state index contributed by atoms with van der Waals surface area (Å²) in [5.74, 6) is 1.06.